The minimum Gasteiger partial charge on any atom is -0.0632 e. The van der Waals surface area contributed by atoms with Crippen molar-refractivity contribution in [2.75, 3.05) is 0 Å². The van der Waals surface area contributed by atoms with Crippen LogP contribution in [0, 0.1) is 0 Å². The molecule has 2 aromatic rings. The van der Waals surface area contributed by atoms with Crippen LogP contribution in [0.3, 0.4) is 0 Å². The summed E-state index contributed by atoms with van der Waals surface area (Å²) >= 11 is 0. The second-order valence-electron chi connectivity index (χ2n) is 8.51. The van der Waals surface area contributed by atoms with Crippen LogP contribution in [0.5, 0.6) is 0 Å². The molecule has 118 valence electrons. The number of hydrogen-bond acceptors (Lipinski definition) is 0. The fourth-order valence-electron chi connectivity index (χ4n) is 4.20. The molecule has 2 aromatic carbocycles. The first-order valence-electron chi connectivity index (χ1n) is 8.31. The highest BCUT2D eigenvalue weighted by Crippen LogP contribution is 2.42. The van der Waals surface area contributed by atoms with Gasteiger partial charge >= 0.3 is 0 Å². The van der Waals surface area contributed by atoms with Crippen LogP contribution < -0.4 is 10.4 Å². The van der Waals surface area contributed by atoms with Crippen LogP contribution in [0.4, 0.5) is 0 Å². The largest absolute Gasteiger partial charge is 0.0938 e. The first-order valence-corrected chi connectivity index (χ1v) is 13.3. The van der Waals surface area contributed by atoms with Crippen LogP contribution in [0.25, 0.3) is 0 Å². The lowest BCUT2D eigenvalue weighted by Gasteiger charge is -2.44. The third-order valence-electron chi connectivity index (χ3n) is 4.52. The van der Waals surface area contributed by atoms with Gasteiger partial charge in [0.05, 0.1) is 16.6 Å². The maximum Gasteiger partial charge on any atom is 0.0938 e. The monoisotopic (exact) mass is 326 g/mol. The zero-order valence-electron chi connectivity index (χ0n) is 14.9. The molecule has 0 aromatic heterocycles. The fraction of sp³-hybridized carbons (Fsp3) is 0.400. The van der Waals surface area contributed by atoms with Crippen molar-refractivity contribution in [1.82, 2.24) is 0 Å². The van der Waals surface area contributed by atoms with Gasteiger partial charge in [0, 0.05) is 0 Å². The van der Waals surface area contributed by atoms with Gasteiger partial charge in [-0.25, -0.2) is 0 Å². The summed E-state index contributed by atoms with van der Waals surface area (Å²) < 4.78 is 0. The predicted octanol–water partition coefficient (Wildman–Crippen LogP) is 3.93. The molecule has 0 aliphatic carbocycles. The van der Waals surface area contributed by atoms with Crippen molar-refractivity contribution in [3.63, 3.8) is 0 Å². The van der Waals surface area contributed by atoms with Crippen molar-refractivity contribution in [3.8, 4) is 0 Å². The molecule has 0 bridgehead atoms. The first-order chi connectivity index (χ1) is 10.2. The van der Waals surface area contributed by atoms with Gasteiger partial charge in [0.15, 0.2) is 0 Å². The van der Waals surface area contributed by atoms with Crippen LogP contribution in [0.2, 0.25) is 10.1 Å². The van der Waals surface area contributed by atoms with E-state index in [0.717, 1.165) is 0 Å². The Bertz CT molecular complexity index is 523. The first kappa shape index (κ1) is 17.2. The average molecular weight is 327 g/mol. The molecule has 0 saturated carbocycles. The second kappa shape index (κ2) is 6.55. The zero-order chi connectivity index (χ0) is 16.4. The van der Waals surface area contributed by atoms with E-state index in [4.69, 9.17) is 0 Å². The van der Waals surface area contributed by atoms with E-state index in [0.29, 0.717) is 10.1 Å². The van der Waals surface area contributed by atoms with E-state index in [2.05, 4.69) is 102 Å². The summed E-state index contributed by atoms with van der Waals surface area (Å²) in [4.78, 5) is 0. The summed E-state index contributed by atoms with van der Waals surface area (Å²) in [5.74, 6) is 0. The Balaban J connectivity index is 2.62. The molecule has 22 heavy (non-hydrogen) atoms. The van der Waals surface area contributed by atoms with Crippen molar-refractivity contribution in [3.05, 3.63) is 60.7 Å². The van der Waals surface area contributed by atoms with Gasteiger partial charge < -0.3 is 0 Å². The molecule has 0 unspecified atom stereocenters. The van der Waals surface area contributed by atoms with Crippen molar-refractivity contribution in [2.24, 2.45) is 0 Å². The summed E-state index contributed by atoms with van der Waals surface area (Å²) in [6.45, 7) is 14.8. The Morgan fingerprint density at radius 3 is 1.14 bits per heavy atom. The van der Waals surface area contributed by atoms with Crippen LogP contribution in [0.1, 0.15) is 41.5 Å². The van der Waals surface area contributed by atoms with E-state index in [1.54, 1.807) is 10.4 Å². The number of benzene rings is 2. The lowest BCUT2D eigenvalue weighted by atomic mass is 10.2. The molecule has 0 aliphatic rings. The summed E-state index contributed by atoms with van der Waals surface area (Å²) in [6, 6.07) is 22.7. The van der Waals surface area contributed by atoms with E-state index in [-0.39, 0.29) is 0 Å². The van der Waals surface area contributed by atoms with Gasteiger partial charge in [0.25, 0.3) is 0 Å². The Hall–Kier alpha value is -1.13. The van der Waals surface area contributed by atoms with Crippen molar-refractivity contribution >= 4 is 27.0 Å². The van der Waals surface area contributed by atoms with Crippen molar-refractivity contribution in [2.45, 2.75) is 51.6 Å². The van der Waals surface area contributed by atoms with Crippen LogP contribution in [-0.2, 0) is 0 Å². The topological polar surface area (TPSA) is 0 Å². The Kier molecular flexibility index (Phi) is 5.13. The van der Waals surface area contributed by atoms with Crippen molar-refractivity contribution < 1.29 is 0 Å². The smallest absolute Gasteiger partial charge is 0.0632 e. The SMILES string of the molecule is CC(C)(C)[SiH]([SiH](c1ccccc1)c1ccccc1)C(C)(C)C. The minimum atomic E-state index is -1.18. The van der Waals surface area contributed by atoms with E-state index >= 15 is 0 Å². The molecule has 0 N–H and O–H groups in total. The molecule has 2 heteroatoms. The summed E-state index contributed by atoms with van der Waals surface area (Å²) in [6.07, 6.45) is 0. The standard InChI is InChI=1S/C20H30Si2/c1-19(2,3)22(20(4,5)6)21(17-13-9-7-10-14-17)18-15-11-8-12-16-18/h7-16,21-22H,1-6H3. The van der Waals surface area contributed by atoms with E-state index in [1.807, 2.05) is 0 Å². The molecule has 0 amide bonds. The summed E-state index contributed by atoms with van der Waals surface area (Å²) in [5.41, 5.74) is 0. The van der Waals surface area contributed by atoms with Gasteiger partial charge in [0.1, 0.15) is 0 Å². The molecule has 0 heterocycles. The van der Waals surface area contributed by atoms with E-state index in [9.17, 15) is 0 Å². The van der Waals surface area contributed by atoms with Gasteiger partial charge in [-0.15, -0.1) is 0 Å². The third-order valence-corrected chi connectivity index (χ3v) is 21.4. The molecular weight excluding hydrogens is 296 g/mol. The highest BCUT2D eigenvalue weighted by atomic mass is 29.2. The molecular formula is C20H30Si2. The Labute approximate surface area is 139 Å². The Morgan fingerprint density at radius 2 is 0.864 bits per heavy atom. The average Bonchev–Trinajstić information content (AvgIpc) is 2.44. The molecule has 0 nitrogen and oxygen atoms in total. The van der Waals surface area contributed by atoms with Gasteiger partial charge in [0.2, 0.25) is 0 Å². The van der Waals surface area contributed by atoms with Gasteiger partial charge in [-0.2, -0.15) is 0 Å². The van der Waals surface area contributed by atoms with E-state index in [1.165, 1.54) is 0 Å². The summed E-state index contributed by atoms with van der Waals surface area (Å²) in [7, 11) is -2.22. The molecule has 0 atom stereocenters. The normalized spacial score (nSPS) is 12.9. The molecule has 0 fully saturated rings. The van der Waals surface area contributed by atoms with Crippen molar-refractivity contribution in [1.29, 1.82) is 0 Å². The molecule has 0 saturated heterocycles. The quantitative estimate of drug-likeness (QED) is 0.750. The zero-order valence-corrected chi connectivity index (χ0v) is 17.2. The second-order valence-corrected chi connectivity index (χ2v) is 19.2. The van der Waals surface area contributed by atoms with E-state index < -0.39 is 16.6 Å². The van der Waals surface area contributed by atoms with Gasteiger partial charge in [-0.3, -0.25) is 0 Å². The van der Waals surface area contributed by atoms with Gasteiger partial charge in [-0.05, 0) is 10.1 Å². The number of rotatable bonds is 3. The van der Waals surface area contributed by atoms with Crippen LogP contribution in [-0.4, -0.2) is 16.6 Å². The Morgan fingerprint density at radius 1 is 0.545 bits per heavy atom. The predicted molar refractivity (Wildman–Crippen MR) is 106 cm³/mol. The molecule has 2 rings (SSSR count). The fourth-order valence-corrected chi connectivity index (χ4v) is 20.9. The molecule has 0 spiro atoms. The lowest BCUT2D eigenvalue weighted by Crippen LogP contribution is -2.61. The van der Waals surface area contributed by atoms with Crippen LogP contribution >= 0.6 is 0 Å². The molecule has 0 radical (unpaired) electrons. The maximum absolute atomic E-state index is 2.47. The highest BCUT2D eigenvalue weighted by molar-refractivity contribution is 7.35. The lowest BCUT2D eigenvalue weighted by molar-refractivity contribution is 0.659. The highest BCUT2D eigenvalue weighted by Gasteiger charge is 2.43. The summed E-state index contributed by atoms with van der Waals surface area (Å²) in [5, 5.41) is 4.10. The van der Waals surface area contributed by atoms with Gasteiger partial charge in [-0.1, -0.05) is 113 Å². The minimum absolute atomic E-state index is 0.431. The number of hydrogen-bond donors (Lipinski definition) is 0. The van der Waals surface area contributed by atoms with Crippen LogP contribution in [0.15, 0.2) is 60.7 Å². The maximum atomic E-state index is 2.47. The third kappa shape index (κ3) is 3.99. The molecule has 0 aliphatic heterocycles.